The number of hydrogen-bond donors (Lipinski definition) is 20. The first kappa shape index (κ1) is 99.4. The summed E-state index contributed by atoms with van der Waals surface area (Å²) in [5.41, 5.74) is 16.5. The van der Waals surface area contributed by atoms with Crippen molar-refractivity contribution >= 4 is 128 Å². The number of amides is 13. The number of nitrogens with two attached hydrogens (primary N) is 3. The smallest absolute Gasteiger partial charge is 0.305 e. The summed E-state index contributed by atoms with van der Waals surface area (Å²) in [6, 6.07) is -2.42. The number of aliphatic hydroxyl groups excluding tert-OH is 1. The summed E-state index contributed by atoms with van der Waals surface area (Å²) < 4.78 is 34.3. The minimum absolute atomic E-state index is 0.00849. The van der Waals surface area contributed by atoms with E-state index < -0.39 is 157 Å². The lowest BCUT2D eigenvalue weighted by molar-refractivity contribution is -0.141. The van der Waals surface area contributed by atoms with Gasteiger partial charge in [-0.05, 0) is 103 Å². The lowest BCUT2D eigenvalue weighted by Gasteiger charge is -2.27. The third-order valence-corrected chi connectivity index (χ3v) is 20.7. The van der Waals surface area contributed by atoms with E-state index >= 15 is 0 Å². The molecule has 2 saturated heterocycles. The van der Waals surface area contributed by atoms with Crippen LogP contribution in [0.1, 0.15) is 103 Å². The molecule has 23 N–H and O–H groups in total. The number of carbonyl (C=O) groups excluding carboxylic acids is 13. The van der Waals surface area contributed by atoms with Gasteiger partial charge in [-0.3, -0.25) is 72.1 Å². The van der Waals surface area contributed by atoms with Crippen molar-refractivity contribution in [3.8, 4) is 0 Å². The number of carbonyl (C=O) groups is 14. The van der Waals surface area contributed by atoms with E-state index in [9.17, 15) is 86.9 Å². The molecule has 1 aromatic rings. The Labute approximate surface area is 673 Å². The molecule has 44 heteroatoms. The summed E-state index contributed by atoms with van der Waals surface area (Å²) in [6.45, 7) is 5.29. The van der Waals surface area contributed by atoms with E-state index in [2.05, 4.69) is 84.6 Å². The number of fused-ring (bicyclic) bond motifs is 5. The van der Waals surface area contributed by atoms with Crippen molar-refractivity contribution in [2.75, 3.05) is 141 Å². The number of primary amides is 1. The predicted octanol–water partition coefficient (Wildman–Crippen LogP) is -5.31. The Kier molecular flexibility index (Phi) is 50.7. The molecule has 40 nitrogen and oxygen atoms in total. The van der Waals surface area contributed by atoms with Crippen LogP contribution in [-0.2, 0) is 92.5 Å². The quantitative estimate of drug-likeness (QED) is 0.00724. The molecule has 2 heterocycles. The van der Waals surface area contributed by atoms with Crippen LogP contribution in [0.25, 0.3) is 0 Å². The predicted molar refractivity (Wildman–Crippen MR) is 422 cm³/mol. The highest BCUT2D eigenvalue weighted by Crippen LogP contribution is 2.24. The molecule has 13 amide bonds. The molecule has 9 atom stereocenters. The van der Waals surface area contributed by atoms with Crippen LogP contribution >= 0.6 is 33.3 Å². The lowest BCUT2D eigenvalue weighted by Crippen LogP contribution is -2.60. The van der Waals surface area contributed by atoms with E-state index in [1.54, 1.807) is 37.3 Å². The molecule has 1 aromatic carbocycles. The Hall–Kier alpha value is -8.76. The first-order valence-corrected chi connectivity index (χ1v) is 41.2. The average molecular weight is 1670 g/mol. The largest absolute Gasteiger partial charge is 0.481 e. The molecular formula is C70H116FN19O21S3. The fraction of sp³-hybridized carbons (Fsp3) is 0.686. The van der Waals surface area contributed by atoms with Gasteiger partial charge >= 0.3 is 5.97 Å². The van der Waals surface area contributed by atoms with E-state index in [0.717, 1.165) is 33.3 Å². The van der Waals surface area contributed by atoms with Gasteiger partial charge in [0.25, 0.3) is 0 Å². The summed E-state index contributed by atoms with van der Waals surface area (Å²) in [7, 11) is 1.79. The Morgan fingerprint density at radius 2 is 1.17 bits per heavy atom. The second kappa shape index (κ2) is 58.1. The number of halogens is 1. The van der Waals surface area contributed by atoms with Crippen molar-refractivity contribution < 1.29 is 106 Å². The summed E-state index contributed by atoms with van der Waals surface area (Å²) in [5.74, 6) is -13.3. The normalized spacial score (nSPS) is 20.0. The number of nitrogens with zero attached hydrogens (tertiary/aromatic N) is 2. The van der Waals surface area contributed by atoms with Gasteiger partial charge in [0, 0.05) is 75.8 Å². The number of carboxylic acids is 1. The van der Waals surface area contributed by atoms with Crippen molar-refractivity contribution in [3.05, 3.63) is 35.9 Å². The minimum Gasteiger partial charge on any atom is -0.481 e. The number of oxime groups is 1. The molecule has 642 valence electrons. The third-order valence-electron chi connectivity index (χ3n) is 17.3. The third kappa shape index (κ3) is 45.4. The number of rotatable bonds is 48. The van der Waals surface area contributed by atoms with Crippen molar-refractivity contribution in [2.24, 2.45) is 33.3 Å². The number of alkyl halides is 1. The van der Waals surface area contributed by atoms with Crippen molar-refractivity contribution in [1.82, 2.24) is 74.4 Å². The molecule has 0 aromatic heterocycles. The Morgan fingerprint density at radius 3 is 1.79 bits per heavy atom. The van der Waals surface area contributed by atoms with E-state index in [0.29, 0.717) is 50.2 Å². The van der Waals surface area contributed by atoms with Gasteiger partial charge in [-0.15, -0.1) is 11.8 Å². The fourth-order valence-electron chi connectivity index (χ4n) is 10.7. The van der Waals surface area contributed by atoms with Crippen LogP contribution < -0.4 is 91.6 Å². The Bertz CT molecular complexity index is 3270. The second-order valence-electron chi connectivity index (χ2n) is 27.1. The van der Waals surface area contributed by atoms with Crippen LogP contribution in [0.2, 0.25) is 0 Å². The van der Waals surface area contributed by atoms with Crippen molar-refractivity contribution in [1.29, 1.82) is 0 Å². The van der Waals surface area contributed by atoms with Crippen LogP contribution in [0.3, 0.4) is 0 Å². The van der Waals surface area contributed by atoms with Crippen LogP contribution in [0.15, 0.2) is 40.5 Å². The number of hydrogen-bond acceptors (Lipinski definition) is 27. The number of benzene rings is 1. The zero-order valence-electron chi connectivity index (χ0n) is 64.8. The van der Waals surface area contributed by atoms with Gasteiger partial charge in [-0.2, -0.15) is 0 Å². The molecule has 2 aliphatic heterocycles. The highest BCUT2D eigenvalue weighted by atomic mass is 33.1. The number of carboxylic acid groups (broad SMARTS) is 1. The molecule has 3 rings (SSSR count). The van der Waals surface area contributed by atoms with Gasteiger partial charge in [-0.25, -0.2) is 4.39 Å². The van der Waals surface area contributed by atoms with Crippen LogP contribution in [0.5, 0.6) is 0 Å². The van der Waals surface area contributed by atoms with Gasteiger partial charge in [0.05, 0.1) is 75.7 Å². The maximum absolute atomic E-state index is 14.7. The van der Waals surface area contributed by atoms with Crippen molar-refractivity contribution in [2.45, 2.75) is 158 Å². The van der Waals surface area contributed by atoms with E-state index in [-0.39, 0.29) is 178 Å². The highest BCUT2D eigenvalue weighted by molar-refractivity contribution is 8.76. The molecule has 2 unspecified atom stereocenters. The molecule has 0 spiro atoms. The number of aliphatic imine (C=N–C) groups is 1. The summed E-state index contributed by atoms with van der Waals surface area (Å²) in [5, 5.41) is 70.0. The SMILES string of the molecule is C/C(=N\O)C(C)(C)NCCC(CCNCC(O)C[18F])CCNC(=O)CCCC(=O)NCCCC[C@@H]1NC(=O)CSC[C@@H](C(=O)NCCOCCOCCOCCNC(=O)COCC(N)=O)NC(=O)[C@H](Cc2ccccc2)NC(=O)[C@@H]2CSSC[C@H](NC1=O)C(=O)N[C@@H](CCCN=C(N)N)C(=O)NCC(=O)N[C@@H](CC(=O)O)C(=O)N2. The molecule has 0 aliphatic carbocycles. The molecular weight excluding hydrogens is 1560 g/mol. The number of nitrogens with one attached hydrogen (secondary N) is 14. The van der Waals surface area contributed by atoms with Gasteiger partial charge in [0.1, 0.15) is 62.2 Å². The zero-order valence-corrected chi connectivity index (χ0v) is 67.2. The maximum Gasteiger partial charge on any atom is 0.305 e. The van der Waals surface area contributed by atoms with E-state index in [4.69, 9.17) is 36.1 Å². The molecule has 2 aliphatic rings. The average Bonchev–Trinajstić information content (AvgIpc) is 1.09. The van der Waals surface area contributed by atoms with Crippen LogP contribution in [0, 0.1) is 5.92 Å². The van der Waals surface area contributed by atoms with Gasteiger partial charge in [-0.1, -0.05) is 57.1 Å². The fourth-order valence-corrected chi connectivity index (χ4v) is 13.9. The number of ether oxygens (including phenoxy) is 4. The number of unbranched alkanes of at least 4 members (excludes halogenated alkanes) is 1. The van der Waals surface area contributed by atoms with Gasteiger partial charge in [0.2, 0.25) is 76.8 Å². The van der Waals surface area contributed by atoms with Crippen LogP contribution in [-0.4, -0.2) is 305 Å². The number of aliphatic hydroxyl groups is 1. The molecule has 2 bridgehead atoms. The first-order chi connectivity index (χ1) is 54.5. The second-order valence-corrected chi connectivity index (χ2v) is 30.6. The van der Waals surface area contributed by atoms with Crippen molar-refractivity contribution in [3.63, 3.8) is 0 Å². The summed E-state index contributed by atoms with van der Waals surface area (Å²) in [6.07, 6.45) is 0.157. The lowest BCUT2D eigenvalue weighted by atomic mass is 9.95. The van der Waals surface area contributed by atoms with E-state index in [1.807, 2.05) is 13.8 Å². The molecule has 114 heavy (non-hydrogen) atoms. The number of aliphatic carboxylic acids is 1. The summed E-state index contributed by atoms with van der Waals surface area (Å²) in [4.78, 5) is 193. The number of guanidine groups is 1. The number of thioether (sulfide) groups is 1. The Morgan fingerprint density at radius 1 is 0.605 bits per heavy atom. The standard InChI is InChI=1S/C70H116FN19O21S3/c1-44(90-107)70(2,3)82-24-19-45(17-22-75-36-47(91)35-71)18-23-77-57(94)16-9-15-56(93)76-20-8-7-13-49-64(102)88-53-41-113-114-42-54(89-66(104)51(34-61(98)99)84-58(95)37-81-62(100)48(85-67(53)105)14-10-21-80-69(73)74)68(106)86-50(33-46-11-5-4-6-12-46)65(103)87-52(40-112-43-60(97)83-49)63(101)79-26-28-109-30-32-110-31-29-108-27-25-78-59(96)39-111-38-55(72)92/h4-6,11-12,45,47-54,75,82,91,107H,7-10,13-43H2,1-3H3,(H2,72,92)(H,76,93)(H,77,94)(H,78,96)(H,79,101)(H,81,100)(H,83,97)(H,84,95)(H,85,105)(H,86,106)(H,87,103)(H,88,102)(H,89,104)(H,98,99)(H4,73,74,80)/b90-44+/t45?,47?,48-,49-,50-,51-,52-,53-,54-/m0/s1/i71-1. The summed E-state index contributed by atoms with van der Waals surface area (Å²) >= 11 is 0.876. The molecule has 0 saturated carbocycles. The first-order valence-electron chi connectivity index (χ1n) is 37.6. The Balaban J connectivity index is 1.90. The topological polar surface area (TPSA) is 608 Å². The molecule has 0 radical (unpaired) electrons. The maximum atomic E-state index is 14.7. The molecule has 2 fully saturated rings. The monoisotopic (exact) mass is 1670 g/mol. The van der Waals surface area contributed by atoms with Crippen LogP contribution in [0.4, 0.5) is 4.39 Å². The zero-order chi connectivity index (χ0) is 84.1. The van der Waals surface area contributed by atoms with E-state index in [1.165, 1.54) is 0 Å². The van der Waals surface area contributed by atoms with Gasteiger partial charge in [0.15, 0.2) is 5.96 Å². The van der Waals surface area contributed by atoms with Gasteiger partial charge < -0.3 is 126 Å². The minimum atomic E-state index is -1.85. The highest BCUT2D eigenvalue weighted by Gasteiger charge is 2.36.